The number of nitrogens with one attached hydrogen (secondary N) is 1. The van der Waals surface area contributed by atoms with Crippen molar-refractivity contribution < 1.29 is 4.74 Å². The first kappa shape index (κ1) is 14.9. The summed E-state index contributed by atoms with van der Waals surface area (Å²) in [5.41, 5.74) is 0. The maximum atomic E-state index is 5.55. The van der Waals surface area contributed by atoms with E-state index < -0.39 is 0 Å². The van der Waals surface area contributed by atoms with Crippen LogP contribution in [-0.2, 0) is 4.74 Å². The first-order valence-electron chi connectivity index (χ1n) is 7.33. The van der Waals surface area contributed by atoms with Crippen molar-refractivity contribution >= 4 is 0 Å². The highest BCUT2D eigenvalue weighted by Gasteiger charge is 2.25. The third-order valence-electron chi connectivity index (χ3n) is 3.71. The first-order valence-corrected chi connectivity index (χ1v) is 7.33. The van der Waals surface area contributed by atoms with Gasteiger partial charge in [0.15, 0.2) is 0 Å². The first-order chi connectivity index (χ1) is 8.29. The molecule has 0 aromatic rings. The van der Waals surface area contributed by atoms with Crippen molar-refractivity contribution in [2.45, 2.75) is 58.5 Å². The lowest BCUT2D eigenvalue weighted by molar-refractivity contribution is -0.0262. The fourth-order valence-corrected chi connectivity index (χ4v) is 2.53. The zero-order valence-electron chi connectivity index (χ0n) is 11.9. The molecule has 1 saturated heterocycles. The Bertz CT molecular complexity index is 187. The maximum Gasteiger partial charge on any atom is 0.0622 e. The zero-order chi connectivity index (χ0) is 12.5. The molecule has 0 saturated carbocycles. The van der Waals surface area contributed by atoms with Crippen LogP contribution in [-0.4, -0.2) is 49.8 Å². The van der Waals surface area contributed by atoms with Crippen LogP contribution in [0.1, 0.15) is 46.5 Å². The summed E-state index contributed by atoms with van der Waals surface area (Å²) in [6.07, 6.45) is 5.15. The van der Waals surface area contributed by atoms with Gasteiger partial charge in [-0.05, 0) is 26.3 Å². The lowest BCUT2D eigenvalue weighted by Gasteiger charge is -2.39. The van der Waals surface area contributed by atoms with Crippen LogP contribution in [0.3, 0.4) is 0 Å². The normalized spacial score (nSPS) is 23.8. The van der Waals surface area contributed by atoms with E-state index >= 15 is 0 Å². The predicted octanol–water partition coefficient (Wildman–Crippen LogP) is 2.27. The maximum absolute atomic E-state index is 5.55. The van der Waals surface area contributed by atoms with E-state index in [0.29, 0.717) is 12.1 Å². The van der Waals surface area contributed by atoms with Gasteiger partial charge in [-0.3, -0.25) is 4.90 Å². The molecule has 1 heterocycles. The lowest BCUT2D eigenvalue weighted by Crippen LogP contribution is -2.52. The van der Waals surface area contributed by atoms with E-state index in [1.807, 2.05) is 0 Å². The molecule has 1 fully saturated rings. The van der Waals surface area contributed by atoms with Crippen LogP contribution in [0.2, 0.25) is 0 Å². The van der Waals surface area contributed by atoms with Crippen LogP contribution in [0, 0.1) is 0 Å². The summed E-state index contributed by atoms with van der Waals surface area (Å²) in [7, 11) is 0. The van der Waals surface area contributed by atoms with Gasteiger partial charge in [-0.1, -0.05) is 26.7 Å². The van der Waals surface area contributed by atoms with E-state index in [9.17, 15) is 0 Å². The predicted molar refractivity (Wildman–Crippen MR) is 73.5 cm³/mol. The summed E-state index contributed by atoms with van der Waals surface area (Å²) in [5, 5.41) is 3.58. The molecule has 3 heteroatoms. The van der Waals surface area contributed by atoms with Crippen molar-refractivity contribution in [3.8, 4) is 0 Å². The van der Waals surface area contributed by atoms with Crippen molar-refractivity contribution in [3.05, 3.63) is 0 Å². The average Bonchev–Trinajstić information content (AvgIpc) is 2.38. The molecule has 0 amide bonds. The Kier molecular flexibility index (Phi) is 7.82. The number of hydrogen-bond acceptors (Lipinski definition) is 3. The molecule has 102 valence electrons. The van der Waals surface area contributed by atoms with Crippen LogP contribution >= 0.6 is 0 Å². The molecule has 1 rings (SSSR count). The largest absolute Gasteiger partial charge is 0.378 e. The second-order valence-electron chi connectivity index (χ2n) is 5.14. The second kappa shape index (κ2) is 8.90. The van der Waals surface area contributed by atoms with Gasteiger partial charge in [0.25, 0.3) is 0 Å². The van der Waals surface area contributed by atoms with Gasteiger partial charge in [-0.25, -0.2) is 0 Å². The van der Waals surface area contributed by atoms with Crippen molar-refractivity contribution in [1.82, 2.24) is 10.2 Å². The Labute approximate surface area is 107 Å². The average molecular weight is 242 g/mol. The number of nitrogens with zero attached hydrogens (tertiary/aromatic N) is 1. The van der Waals surface area contributed by atoms with Crippen molar-refractivity contribution in [1.29, 1.82) is 0 Å². The molecule has 1 N–H and O–H groups in total. The Morgan fingerprint density at radius 3 is 2.88 bits per heavy atom. The monoisotopic (exact) mass is 242 g/mol. The number of hydrogen-bond donors (Lipinski definition) is 1. The zero-order valence-corrected chi connectivity index (χ0v) is 11.9. The van der Waals surface area contributed by atoms with Crippen molar-refractivity contribution in [2.75, 3.05) is 32.8 Å². The summed E-state index contributed by atoms with van der Waals surface area (Å²) >= 11 is 0. The third kappa shape index (κ3) is 5.36. The van der Waals surface area contributed by atoms with E-state index in [0.717, 1.165) is 26.3 Å². The molecule has 2 atom stereocenters. The molecule has 17 heavy (non-hydrogen) atoms. The van der Waals surface area contributed by atoms with Crippen LogP contribution in [0.15, 0.2) is 0 Å². The second-order valence-corrected chi connectivity index (χ2v) is 5.14. The van der Waals surface area contributed by atoms with Crippen LogP contribution in [0.25, 0.3) is 0 Å². The quantitative estimate of drug-likeness (QED) is 0.661. The van der Waals surface area contributed by atoms with Crippen LogP contribution in [0.5, 0.6) is 0 Å². The van der Waals surface area contributed by atoms with Crippen LogP contribution in [0.4, 0.5) is 0 Å². The minimum atomic E-state index is 0.621. The molecular formula is C14H30N2O. The minimum absolute atomic E-state index is 0.621. The summed E-state index contributed by atoms with van der Waals surface area (Å²) in [5.74, 6) is 0. The van der Waals surface area contributed by atoms with E-state index in [1.54, 1.807) is 0 Å². The molecule has 0 spiro atoms. The van der Waals surface area contributed by atoms with E-state index in [-0.39, 0.29) is 0 Å². The molecule has 1 aliphatic heterocycles. The van der Waals surface area contributed by atoms with Gasteiger partial charge in [0.2, 0.25) is 0 Å². The van der Waals surface area contributed by atoms with Gasteiger partial charge in [0, 0.05) is 25.2 Å². The standard InChI is InChI=1S/C14H30N2O/c1-4-6-7-8-15-11-13(3)16-9-10-17-12-14(16)5-2/h13-15H,4-12H2,1-3H3. The number of ether oxygens (including phenoxy) is 1. The summed E-state index contributed by atoms with van der Waals surface area (Å²) in [4.78, 5) is 2.61. The van der Waals surface area contributed by atoms with E-state index in [2.05, 4.69) is 31.0 Å². The van der Waals surface area contributed by atoms with Gasteiger partial charge in [-0.2, -0.15) is 0 Å². The molecule has 0 bridgehead atoms. The fourth-order valence-electron chi connectivity index (χ4n) is 2.53. The third-order valence-corrected chi connectivity index (χ3v) is 3.71. The molecule has 0 aliphatic carbocycles. The van der Waals surface area contributed by atoms with Gasteiger partial charge in [0.1, 0.15) is 0 Å². The molecule has 3 nitrogen and oxygen atoms in total. The lowest BCUT2D eigenvalue weighted by atomic mass is 10.1. The highest BCUT2D eigenvalue weighted by Crippen LogP contribution is 2.13. The Morgan fingerprint density at radius 1 is 1.35 bits per heavy atom. The summed E-state index contributed by atoms with van der Waals surface area (Å²) < 4.78 is 5.55. The summed E-state index contributed by atoms with van der Waals surface area (Å²) in [6.45, 7) is 12.0. The highest BCUT2D eigenvalue weighted by atomic mass is 16.5. The van der Waals surface area contributed by atoms with Gasteiger partial charge >= 0.3 is 0 Å². The van der Waals surface area contributed by atoms with E-state index in [1.165, 1.54) is 32.2 Å². The minimum Gasteiger partial charge on any atom is -0.378 e. The molecule has 0 aromatic carbocycles. The Morgan fingerprint density at radius 2 is 2.18 bits per heavy atom. The van der Waals surface area contributed by atoms with E-state index in [4.69, 9.17) is 4.74 Å². The van der Waals surface area contributed by atoms with Crippen LogP contribution < -0.4 is 5.32 Å². The van der Waals surface area contributed by atoms with Crippen molar-refractivity contribution in [2.24, 2.45) is 0 Å². The Hall–Kier alpha value is -0.120. The number of rotatable bonds is 8. The fraction of sp³-hybridized carbons (Fsp3) is 1.00. The molecule has 0 aromatic heterocycles. The summed E-state index contributed by atoms with van der Waals surface area (Å²) in [6, 6.07) is 1.25. The smallest absolute Gasteiger partial charge is 0.0622 e. The van der Waals surface area contributed by atoms with Gasteiger partial charge < -0.3 is 10.1 Å². The number of morpholine rings is 1. The highest BCUT2D eigenvalue weighted by molar-refractivity contribution is 4.79. The van der Waals surface area contributed by atoms with Crippen molar-refractivity contribution in [3.63, 3.8) is 0 Å². The molecule has 2 unspecified atom stereocenters. The SMILES string of the molecule is CCCCCNCC(C)N1CCOCC1CC. The van der Waals surface area contributed by atoms with Gasteiger partial charge in [-0.15, -0.1) is 0 Å². The van der Waals surface area contributed by atoms with Gasteiger partial charge in [0.05, 0.1) is 13.2 Å². The molecule has 0 radical (unpaired) electrons. The Balaban J connectivity index is 2.18. The molecule has 1 aliphatic rings. The number of unbranched alkanes of at least 4 members (excludes halogenated alkanes) is 2. The molecular weight excluding hydrogens is 212 g/mol. The topological polar surface area (TPSA) is 24.5 Å².